The van der Waals surface area contributed by atoms with Crippen LogP contribution in [-0.2, 0) is 6.18 Å². The first-order chi connectivity index (χ1) is 9.81. The lowest BCUT2D eigenvalue weighted by atomic mass is 9.95. The summed E-state index contributed by atoms with van der Waals surface area (Å²) in [7, 11) is 0. The maximum atomic E-state index is 13.9. The molecule has 1 fully saturated rings. The van der Waals surface area contributed by atoms with E-state index in [-0.39, 0.29) is 10.4 Å². The zero-order valence-corrected chi connectivity index (χ0v) is 12.5. The number of nitrogens with zero attached hydrogens (tertiary/aromatic N) is 1. The maximum absolute atomic E-state index is 13.9. The Labute approximate surface area is 125 Å². The molecule has 0 unspecified atom stereocenters. The summed E-state index contributed by atoms with van der Waals surface area (Å²) in [5.41, 5.74) is 5.07. The molecule has 1 aromatic rings. The summed E-state index contributed by atoms with van der Waals surface area (Å²) in [6.45, 7) is 1.75. The SMILES string of the molecule is CSC1(CN)CCN(c2ccc(C(F)(F)F)cc2F)CC1. The number of thioether (sulfide) groups is 1. The van der Waals surface area contributed by atoms with E-state index in [1.807, 2.05) is 6.26 Å². The third-order valence-corrected chi connectivity index (χ3v) is 5.54. The highest BCUT2D eigenvalue weighted by Gasteiger charge is 2.35. The topological polar surface area (TPSA) is 29.3 Å². The van der Waals surface area contributed by atoms with Crippen LogP contribution >= 0.6 is 11.8 Å². The van der Waals surface area contributed by atoms with E-state index in [1.165, 1.54) is 6.07 Å². The summed E-state index contributed by atoms with van der Waals surface area (Å²) in [6, 6.07) is 2.71. The molecular formula is C14H18F4N2S. The summed E-state index contributed by atoms with van der Waals surface area (Å²) >= 11 is 1.71. The van der Waals surface area contributed by atoms with Gasteiger partial charge in [0.2, 0.25) is 0 Å². The lowest BCUT2D eigenvalue weighted by Crippen LogP contribution is -2.46. The van der Waals surface area contributed by atoms with Crippen molar-refractivity contribution in [2.45, 2.75) is 23.8 Å². The van der Waals surface area contributed by atoms with Crippen molar-refractivity contribution in [1.82, 2.24) is 0 Å². The molecule has 0 aliphatic carbocycles. The molecule has 1 aliphatic heterocycles. The van der Waals surface area contributed by atoms with E-state index in [2.05, 4.69) is 0 Å². The molecule has 0 radical (unpaired) electrons. The first-order valence-corrected chi connectivity index (χ1v) is 7.91. The standard InChI is InChI=1S/C14H18F4N2S/c1-21-13(9-19)4-6-20(7-5-13)12-3-2-10(8-11(12)15)14(16,17)18/h2-3,8H,4-7,9,19H2,1H3. The van der Waals surface area contributed by atoms with E-state index >= 15 is 0 Å². The fraction of sp³-hybridized carbons (Fsp3) is 0.571. The average molecular weight is 322 g/mol. The minimum Gasteiger partial charge on any atom is -0.369 e. The highest BCUT2D eigenvalue weighted by molar-refractivity contribution is 8.00. The van der Waals surface area contributed by atoms with Gasteiger partial charge in [0.05, 0.1) is 11.3 Å². The van der Waals surface area contributed by atoms with Gasteiger partial charge in [-0.05, 0) is 37.3 Å². The van der Waals surface area contributed by atoms with Gasteiger partial charge in [0.25, 0.3) is 0 Å². The van der Waals surface area contributed by atoms with Crippen LogP contribution in [0.1, 0.15) is 18.4 Å². The lowest BCUT2D eigenvalue weighted by Gasteiger charge is -2.41. The van der Waals surface area contributed by atoms with E-state index in [0.29, 0.717) is 25.7 Å². The van der Waals surface area contributed by atoms with Gasteiger partial charge < -0.3 is 10.6 Å². The van der Waals surface area contributed by atoms with E-state index in [1.54, 1.807) is 16.7 Å². The van der Waals surface area contributed by atoms with Gasteiger partial charge in [-0.2, -0.15) is 24.9 Å². The first kappa shape index (κ1) is 16.4. The second-order valence-corrected chi connectivity index (χ2v) is 6.52. The third kappa shape index (κ3) is 3.45. The van der Waals surface area contributed by atoms with Crippen LogP contribution in [0.2, 0.25) is 0 Å². The molecule has 0 bridgehead atoms. The Kier molecular flexibility index (Phi) is 4.72. The quantitative estimate of drug-likeness (QED) is 0.864. The van der Waals surface area contributed by atoms with E-state index in [0.717, 1.165) is 18.9 Å². The predicted octanol–water partition coefficient (Wildman–Crippen LogP) is 3.51. The molecule has 0 aromatic heterocycles. The van der Waals surface area contributed by atoms with Gasteiger partial charge in [0.1, 0.15) is 5.82 Å². The summed E-state index contributed by atoms with van der Waals surface area (Å²) in [5, 5.41) is 0. The summed E-state index contributed by atoms with van der Waals surface area (Å²) < 4.78 is 51.6. The lowest BCUT2D eigenvalue weighted by molar-refractivity contribution is -0.137. The predicted molar refractivity (Wildman–Crippen MR) is 78.1 cm³/mol. The number of anilines is 1. The van der Waals surface area contributed by atoms with E-state index < -0.39 is 17.6 Å². The molecule has 1 aromatic carbocycles. The van der Waals surface area contributed by atoms with Gasteiger partial charge in [-0.3, -0.25) is 0 Å². The van der Waals surface area contributed by atoms with Crippen molar-refractivity contribution >= 4 is 17.4 Å². The van der Waals surface area contributed by atoms with Crippen LogP contribution in [0.25, 0.3) is 0 Å². The molecule has 2 N–H and O–H groups in total. The molecule has 1 heterocycles. The van der Waals surface area contributed by atoms with E-state index in [4.69, 9.17) is 5.73 Å². The van der Waals surface area contributed by atoms with Crippen LogP contribution < -0.4 is 10.6 Å². The van der Waals surface area contributed by atoms with Crippen LogP contribution in [-0.4, -0.2) is 30.6 Å². The Morgan fingerprint density at radius 2 is 1.90 bits per heavy atom. The Bertz CT molecular complexity index is 490. The van der Waals surface area contributed by atoms with Crippen molar-refractivity contribution in [3.05, 3.63) is 29.6 Å². The number of halogens is 4. The Balaban J connectivity index is 2.14. The Morgan fingerprint density at radius 1 is 1.29 bits per heavy atom. The first-order valence-electron chi connectivity index (χ1n) is 6.68. The largest absolute Gasteiger partial charge is 0.416 e. The molecule has 0 atom stereocenters. The van der Waals surface area contributed by atoms with Crippen molar-refractivity contribution in [2.75, 3.05) is 30.8 Å². The monoisotopic (exact) mass is 322 g/mol. The molecule has 118 valence electrons. The summed E-state index contributed by atoms with van der Waals surface area (Å²) in [4.78, 5) is 1.79. The van der Waals surface area contributed by atoms with E-state index in [9.17, 15) is 17.6 Å². The van der Waals surface area contributed by atoms with Crippen molar-refractivity contribution < 1.29 is 17.6 Å². The smallest absolute Gasteiger partial charge is 0.369 e. The number of rotatable bonds is 3. The van der Waals surface area contributed by atoms with Gasteiger partial charge in [-0.25, -0.2) is 4.39 Å². The molecule has 0 spiro atoms. The second-order valence-electron chi connectivity index (χ2n) is 5.24. The molecule has 0 amide bonds. The Hall–Kier alpha value is -0.950. The Morgan fingerprint density at radius 3 is 2.33 bits per heavy atom. The molecule has 1 aliphatic rings. The highest BCUT2D eigenvalue weighted by Crippen LogP contribution is 2.37. The molecule has 0 saturated carbocycles. The van der Waals surface area contributed by atoms with Crippen molar-refractivity contribution in [3.63, 3.8) is 0 Å². The maximum Gasteiger partial charge on any atom is 0.416 e. The van der Waals surface area contributed by atoms with Gasteiger partial charge in [0.15, 0.2) is 0 Å². The molecular weight excluding hydrogens is 304 g/mol. The number of piperidine rings is 1. The second kappa shape index (κ2) is 6.04. The molecule has 2 nitrogen and oxygen atoms in total. The van der Waals surface area contributed by atoms with Gasteiger partial charge >= 0.3 is 6.18 Å². The van der Waals surface area contributed by atoms with Crippen molar-refractivity contribution in [2.24, 2.45) is 5.73 Å². The third-order valence-electron chi connectivity index (χ3n) is 4.10. The zero-order chi connectivity index (χ0) is 15.7. The fourth-order valence-electron chi connectivity index (χ4n) is 2.59. The summed E-state index contributed by atoms with van der Waals surface area (Å²) in [5.74, 6) is -0.825. The van der Waals surface area contributed by atoms with Crippen molar-refractivity contribution in [1.29, 1.82) is 0 Å². The normalized spacial score (nSPS) is 18.9. The molecule has 21 heavy (non-hydrogen) atoms. The van der Waals surface area contributed by atoms with Gasteiger partial charge in [-0.15, -0.1) is 0 Å². The fourth-order valence-corrected chi connectivity index (χ4v) is 3.34. The van der Waals surface area contributed by atoms with Crippen LogP contribution in [0.5, 0.6) is 0 Å². The minimum absolute atomic E-state index is 0.00110. The molecule has 1 saturated heterocycles. The van der Waals surface area contributed by atoms with Gasteiger partial charge in [-0.1, -0.05) is 0 Å². The van der Waals surface area contributed by atoms with Crippen LogP contribution in [0, 0.1) is 5.82 Å². The number of hydrogen-bond acceptors (Lipinski definition) is 3. The highest BCUT2D eigenvalue weighted by atomic mass is 32.2. The molecule has 2 rings (SSSR count). The number of nitrogens with two attached hydrogens (primary N) is 1. The number of alkyl halides is 3. The number of benzene rings is 1. The molecule has 7 heteroatoms. The van der Waals surface area contributed by atoms with Crippen LogP contribution in [0.15, 0.2) is 18.2 Å². The average Bonchev–Trinajstić information content (AvgIpc) is 2.46. The van der Waals surface area contributed by atoms with Crippen LogP contribution in [0.3, 0.4) is 0 Å². The van der Waals surface area contributed by atoms with Crippen molar-refractivity contribution in [3.8, 4) is 0 Å². The number of hydrogen-bond donors (Lipinski definition) is 1. The summed E-state index contributed by atoms with van der Waals surface area (Å²) in [6.07, 6.45) is -0.924. The van der Waals surface area contributed by atoms with Gasteiger partial charge in [0, 0.05) is 24.4 Å². The van der Waals surface area contributed by atoms with Crippen LogP contribution in [0.4, 0.5) is 23.2 Å². The minimum atomic E-state index is -4.52. The zero-order valence-electron chi connectivity index (χ0n) is 11.7.